The number of carboxylic acids is 1. The molecule has 2 aromatic heterocycles. The molecule has 0 radical (unpaired) electrons. The Balaban J connectivity index is 1.82. The van der Waals surface area contributed by atoms with Crippen LogP contribution in [0.4, 0.5) is 5.82 Å². The largest absolute Gasteiger partial charge is 0.478 e. The third-order valence-corrected chi connectivity index (χ3v) is 3.06. The van der Waals surface area contributed by atoms with Crippen LogP contribution in [0.2, 0.25) is 0 Å². The van der Waals surface area contributed by atoms with Crippen LogP contribution in [0, 0.1) is 0 Å². The van der Waals surface area contributed by atoms with Crippen LogP contribution in [0.5, 0.6) is 0 Å². The van der Waals surface area contributed by atoms with Crippen LogP contribution in [0.25, 0.3) is 0 Å². The van der Waals surface area contributed by atoms with Gasteiger partial charge in [0.05, 0.1) is 12.1 Å². The van der Waals surface area contributed by atoms with E-state index in [1.807, 2.05) is 6.20 Å². The van der Waals surface area contributed by atoms with E-state index in [1.165, 1.54) is 6.20 Å². The number of carbonyl (C=O) groups is 1. The fraction of sp³-hybridized carbons (Fsp3) is 0.250. The topological polar surface area (TPSA) is 71.2 Å². The van der Waals surface area contributed by atoms with E-state index in [2.05, 4.69) is 19.4 Å². The Morgan fingerprint density at radius 1 is 1.28 bits per heavy atom. The quantitative estimate of drug-likeness (QED) is 0.853. The highest BCUT2D eigenvalue weighted by molar-refractivity contribution is 5.87. The molecule has 6 heteroatoms. The van der Waals surface area contributed by atoms with E-state index in [-0.39, 0.29) is 5.56 Å². The third kappa shape index (κ3) is 1.81. The van der Waals surface area contributed by atoms with Crippen molar-refractivity contribution < 1.29 is 9.90 Å². The van der Waals surface area contributed by atoms with E-state index in [1.54, 1.807) is 18.3 Å². The molecule has 18 heavy (non-hydrogen) atoms. The SMILES string of the molecule is O=C(O)c1ccc(N2CCn3ccnc3C2)nc1. The number of carboxylic acid groups (broad SMARTS) is 1. The second-order valence-electron chi connectivity index (χ2n) is 4.17. The van der Waals surface area contributed by atoms with E-state index in [4.69, 9.17) is 5.11 Å². The van der Waals surface area contributed by atoms with E-state index in [9.17, 15) is 4.79 Å². The highest BCUT2D eigenvalue weighted by Crippen LogP contribution is 2.18. The summed E-state index contributed by atoms with van der Waals surface area (Å²) in [5, 5.41) is 8.82. The van der Waals surface area contributed by atoms with Crippen LogP contribution in [-0.4, -0.2) is 32.2 Å². The van der Waals surface area contributed by atoms with Crippen molar-refractivity contribution in [3.05, 3.63) is 42.1 Å². The number of hydrogen-bond acceptors (Lipinski definition) is 4. The van der Waals surface area contributed by atoms with Crippen molar-refractivity contribution in [1.29, 1.82) is 0 Å². The zero-order valence-corrected chi connectivity index (χ0v) is 9.65. The van der Waals surface area contributed by atoms with E-state index in [0.29, 0.717) is 6.54 Å². The first-order chi connectivity index (χ1) is 8.74. The van der Waals surface area contributed by atoms with Gasteiger partial charge in [0.2, 0.25) is 0 Å². The lowest BCUT2D eigenvalue weighted by Gasteiger charge is -2.28. The molecular weight excluding hydrogens is 232 g/mol. The van der Waals surface area contributed by atoms with Crippen LogP contribution in [-0.2, 0) is 13.1 Å². The van der Waals surface area contributed by atoms with Gasteiger partial charge in [-0.3, -0.25) is 0 Å². The van der Waals surface area contributed by atoms with Crippen LogP contribution in [0.1, 0.15) is 16.2 Å². The fourth-order valence-electron chi connectivity index (χ4n) is 2.07. The van der Waals surface area contributed by atoms with Crippen molar-refractivity contribution in [2.24, 2.45) is 0 Å². The van der Waals surface area contributed by atoms with Crippen LogP contribution in [0.15, 0.2) is 30.7 Å². The normalized spacial score (nSPS) is 14.3. The fourth-order valence-corrected chi connectivity index (χ4v) is 2.07. The average molecular weight is 244 g/mol. The first-order valence-corrected chi connectivity index (χ1v) is 5.68. The predicted molar refractivity (Wildman–Crippen MR) is 64.5 cm³/mol. The number of aromatic nitrogens is 3. The Bertz CT molecular complexity index is 576. The molecule has 0 bridgehead atoms. The standard InChI is InChI=1S/C12H12N4O2/c17-12(18)9-1-2-10(14-7-9)16-6-5-15-4-3-13-11(15)8-16/h1-4,7H,5-6,8H2,(H,17,18). The number of rotatable bonds is 2. The second-order valence-corrected chi connectivity index (χ2v) is 4.17. The van der Waals surface area contributed by atoms with Crippen molar-refractivity contribution in [3.8, 4) is 0 Å². The van der Waals surface area contributed by atoms with Gasteiger partial charge in [-0.1, -0.05) is 0 Å². The Hall–Kier alpha value is -2.37. The summed E-state index contributed by atoms with van der Waals surface area (Å²) in [6, 6.07) is 3.31. The lowest BCUT2D eigenvalue weighted by atomic mass is 10.2. The summed E-state index contributed by atoms with van der Waals surface area (Å²) in [6.07, 6.45) is 5.15. The minimum absolute atomic E-state index is 0.206. The average Bonchev–Trinajstić information content (AvgIpc) is 2.86. The number of imidazole rings is 1. The molecule has 2 aromatic rings. The summed E-state index contributed by atoms with van der Waals surface area (Å²) < 4.78 is 2.11. The lowest BCUT2D eigenvalue weighted by molar-refractivity contribution is 0.0696. The summed E-state index contributed by atoms with van der Waals surface area (Å²) in [6.45, 7) is 2.42. The molecule has 3 rings (SSSR count). The molecule has 0 saturated carbocycles. The van der Waals surface area contributed by atoms with Gasteiger partial charge in [0.15, 0.2) is 0 Å². The van der Waals surface area contributed by atoms with Gasteiger partial charge in [0, 0.05) is 31.7 Å². The molecule has 0 fully saturated rings. The number of anilines is 1. The first kappa shape index (κ1) is 10.8. The van der Waals surface area contributed by atoms with E-state index in [0.717, 1.165) is 24.7 Å². The minimum Gasteiger partial charge on any atom is -0.478 e. The van der Waals surface area contributed by atoms with Gasteiger partial charge >= 0.3 is 5.97 Å². The molecule has 0 spiro atoms. The Labute approximate surface area is 104 Å². The highest BCUT2D eigenvalue weighted by Gasteiger charge is 2.17. The van der Waals surface area contributed by atoms with Crippen LogP contribution in [0.3, 0.4) is 0 Å². The number of fused-ring (bicyclic) bond motifs is 1. The number of pyridine rings is 1. The Morgan fingerprint density at radius 3 is 2.89 bits per heavy atom. The van der Waals surface area contributed by atoms with E-state index < -0.39 is 5.97 Å². The molecule has 6 nitrogen and oxygen atoms in total. The summed E-state index contributed by atoms with van der Waals surface area (Å²) in [5.74, 6) is 0.836. The molecule has 0 amide bonds. The second kappa shape index (κ2) is 4.14. The minimum atomic E-state index is -0.955. The maximum Gasteiger partial charge on any atom is 0.337 e. The smallest absolute Gasteiger partial charge is 0.337 e. The number of nitrogens with zero attached hydrogens (tertiary/aromatic N) is 4. The summed E-state index contributed by atoms with van der Waals surface area (Å²) in [4.78, 5) is 21.3. The van der Waals surface area contributed by atoms with Gasteiger partial charge in [0.25, 0.3) is 0 Å². The molecule has 1 aliphatic heterocycles. The van der Waals surface area contributed by atoms with Gasteiger partial charge in [-0.05, 0) is 12.1 Å². The third-order valence-electron chi connectivity index (χ3n) is 3.06. The maximum atomic E-state index is 10.8. The zero-order valence-electron chi connectivity index (χ0n) is 9.65. The van der Waals surface area contributed by atoms with Crippen LogP contribution >= 0.6 is 0 Å². The monoisotopic (exact) mass is 244 g/mol. The molecule has 1 aliphatic rings. The Morgan fingerprint density at radius 2 is 2.17 bits per heavy atom. The first-order valence-electron chi connectivity index (χ1n) is 5.68. The van der Waals surface area contributed by atoms with Crippen molar-refractivity contribution in [2.45, 2.75) is 13.1 Å². The Kier molecular flexibility index (Phi) is 2.47. The summed E-state index contributed by atoms with van der Waals surface area (Å²) in [7, 11) is 0. The molecule has 0 aromatic carbocycles. The molecule has 0 saturated heterocycles. The van der Waals surface area contributed by atoms with Gasteiger partial charge in [-0.2, -0.15) is 0 Å². The van der Waals surface area contributed by atoms with Crippen molar-refractivity contribution >= 4 is 11.8 Å². The van der Waals surface area contributed by atoms with E-state index >= 15 is 0 Å². The van der Waals surface area contributed by atoms with Crippen molar-refractivity contribution in [1.82, 2.24) is 14.5 Å². The zero-order chi connectivity index (χ0) is 12.5. The van der Waals surface area contributed by atoms with Crippen molar-refractivity contribution in [3.63, 3.8) is 0 Å². The molecule has 0 aliphatic carbocycles. The summed E-state index contributed by atoms with van der Waals surface area (Å²) in [5.41, 5.74) is 0.206. The van der Waals surface area contributed by atoms with Gasteiger partial charge in [-0.15, -0.1) is 0 Å². The molecule has 1 N–H and O–H groups in total. The van der Waals surface area contributed by atoms with Crippen LogP contribution < -0.4 is 4.90 Å². The molecule has 0 unspecified atom stereocenters. The molecular formula is C12H12N4O2. The number of aromatic carboxylic acids is 1. The summed E-state index contributed by atoms with van der Waals surface area (Å²) >= 11 is 0. The van der Waals surface area contributed by atoms with Crippen molar-refractivity contribution in [2.75, 3.05) is 11.4 Å². The highest BCUT2D eigenvalue weighted by atomic mass is 16.4. The van der Waals surface area contributed by atoms with Gasteiger partial charge in [0.1, 0.15) is 11.6 Å². The number of hydrogen-bond donors (Lipinski definition) is 1. The molecule has 92 valence electrons. The molecule has 0 atom stereocenters. The molecule has 3 heterocycles. The predicted octanol–water partition coefficient (Wildman–Crippen LogP) is 0.996. The van der Waals surface area contributed by atoms with Gasteiger partial charge < -0.3 is 14.6 Å². The maximum absolute atomic E-state index is 10.8. The lowest BCUT2D eigenvalue weighted by Crippen LogP contribution is -2.34. The van der Waals surface area contributed by atoms with Gasteiger partial charge in [-0.25, -0.2) is 14.8 Å².